The maximum atomic E-state index is 10.0. The zero-order valence-electron chi connectivity index (χ0n) is 5.21. The number of hydrogen-bond donors (Lipinski definition) is 1. The van der Waals surface area contributed by atoms with Crippen LogP contribution >= 0.6 is 0 Å². The Morgan fingerprint density at radius 3 is 1.44 bits per heavy atom. The number of imide groups is 1. The van der Waals surface area contributed by atoms with E-state index < -0.39 is 11.8 Å². The van der Waals surface area contributed by atoms with Gasteiger partial charge in [-0.05, 0) is 0 Å². The van der Waals surface area contributed by atoms with Crippen LogP contribution in [0.2, 0.25) is 0 Å². The summed E-state index contributed by atoms with van der Waals surface area (Å²) < 4.78 is 0. The Balaban J connectivity index is 0. The van der Waals surface area contributed by atoms with Crippen LogP contribution < -0.4 is 0 Å². The third-order valence-electron chi connectivity index (χ3n) is 0.597. The summed E-state index contributed by atoms with van der Waals surface area (Å²) in [4.78, 5) is 20.1. The number of rotatable bonds is 0. The van der Waals surface area contributed by atoms with Gasteiger partial charge in [-0.3, -0.25) is 14.8 Å². The first-order chi connectivity index (χ1) is 3.55. The van der Waals surface area contributed by atoms with Gasteiger partial charge in [0.15, 0.2) is 0 Å². The van der Waals surface area contributed by atoms with Crippen molar-refractivity contribution in [2.75, 3.05) is 0 Å². The normalized spacial score (nSPS) is 7.44. The molecule has 0 aromatic heterocycles. The average molecular weight is 355 g/mol. The molecule has 1 N–H and O–H groups in total. The minimum absolute atomic E-state index is 0. The quantitative estimate of drug-likeness (QED) is 0.483. The van der Waals surface area contributed by atoms with Gasteiger partial charge in [0, 0.05) is 45.0 Å². The first-order valence-corrected chi connectivity index (χ1v) is 2.06. The molecule has 0 aromatic rings. The largest absolute Gasteiger partial charge is 0.279 e. The predicted octanol–water partition coefficient (Wildman–Crippen LogP) is -0.229. The van der Waals surface area contributed by atoms with Gasteiger partial charge in [-0.15, -0.1) is 0 Å². The second kappa shape index (κ2) is 4.98. The summed E-state index contributed by atoms with van der Waals surface area (Å²) in [6.07, 6.45) is 0. The molecule has 0 radical (unpaired) electrons. The van der Waals surface area contributed by atoms with E-state index >= 15 is 0 Å². The van der Waals surface area contributed by atoms with E-state index in [1.807, 2.05) is 0 Å². The molecule has 50 valence electrons. The minimum Gasteiger partial charge on any atom is -0.279 e. The molecule has 0 aliphatic heterocycles. The molecule has 0 saturated carbocycles. The first-order valence-electron chi connectivity index (χ1n) is 2.06. The molecule has 4 nitrogen and oxygen atoms in total. The smallest absolute Gasteiger partial charge is 0.250 e. The van der Waals surface area contributed by atoms with Gasteiger partial charge in [0.05, 0.1) is 0 Å². The summed E-state index contributed by atoms with van der Waals surface area (Å²) in [5, 5.41) is 8.39. The van der Waals surface area contributed by atoms with Crippen molar-refractivity contribution in [1.29, 1.82) is 0 Å². The molecule has 0 aromatic carbocycles. The van der Waals surface area contributed by atoms with Gasteiger partial charge >= 0.3 is 0 Å². The van der Waals surface area contributed by atoms with Crippen LogP contribution in [0.1, 0.15) is 13.8 Å². The van der Waals surface area contributed by atoms with Crippen molar-refractivity contribution in [3.05, 3.63) is 0 Å². The third kappa shape index (κ3) is 4.64. The summed E-state index contributed by atoms with van der Waals surface area (Å²) >= 11 is 0. The van der Waals surface area contributed by atoms with Gasteiger partial charge in [0.1, 0.15) is 0 Å². The molecular weight excluding hydrogens is 348 g/mol. The van der Waals surface area contributed by atoms with Gasteiger partial charge in [0.25, 0.3) is 0 Å². The van der Waals surface area contributed by atoms with Crippen molar-refractivity contribution in [2.24, 2.45) is 0 Å². The predicted molar refractivity (Wildman–Crippen MR) is 25.0 cm³/mol. The number of hydrogen-bond acceptors (Lipinski definition) is 3. The van der Waals surface area contributed by atoms with E-state index in [4.69, 9.17) is 5.21 Å². The van der Waals surface area contributed by atoms with Crippen LogP contribution in [0.4, 0.5) is 0 Å². The Morgan fingerprint density at radius 2 is 1.44 bits per heavy atom. The van der Waals surface area contributed by atoms with Gasteiger partial charge in [-0.2, -0.15) is 5.06 Å². The Kier molecular flexibility index (Phi) is 6.58. The summed E-state index contributed by atoms with van der Waals surface area (Å²) in [5.74, 6) is -1.34. The van der Waals surface area contributed by atoms with Crippen LogP contribution in [0.5, 0.6) is 0 Å². The molecule has 0 saturated heterocycles. The zero-order chi connectivity index (χ0) is 6.73. The van der Waals surface area contributed by atoms with Crippen LogP contribution in [-0.2, 0) is 9.59 Å². The average Bonchev–Trinajstić information content (AvgIpc) is 1.64. The van der Waals surface area contributed by atoms with E-state index in [9.17, 15) is 9.59 Å². The fourth-order valence-electron chi connectivity index (χ4n) is 0.222. The van der Waals surface area contributed by atoms with Crippen molar-refractivity contribution < 1.29 is 45.9 Å². The molecule has 0 heterocycles. The fourth-order valence-corrected chi connectivity index (χ4v) is 0.222. The van der Waals surface area contributed by atoms with Crippen molar-refractivity contribution in [3.63, 3.8) is 0 Å². The molecule has 0 aliphatic carbocycles. The van der Waals surface area contributed by atoms with E-state index in [0.29, 0.717) is 0 Å². The topological polar surface area (TPSA) is 57.6 Å². The van der Waals surface area contributed by atoms with Gasteiger partial charge in [0.2, 0.25) is 11.8 Å². The van der Waals surface area contributed by atoms with E-state index in [-0.39, 0.29) is 36.2 Å². The number of nitrogens with zero attached hydrogens (tertiary/aromatic N) is 1. The third-order valence-corrected chi connectivity index (χ3v) is 0.597. The van der Waals surface area contributed by atoms with Crippen LogP contribution in [0.15, 0.2) is 0 Å². The van der Waals surface area contributed by atoms with Gasteiger partial charge in [-0.1, -0.05) is 0 Å². The molecule has 2 amide bonds. The molecular formula is C4H7NO3U. The Bertz CT molecular complexity index is 111. The summed E-state index contributed by atoms with van der Waals surface area (Å²) in [6.45, 7) is 2.20. The van der Waals surface area contributed by atoms with Crippen LogP contribution in [0, 0.1) is 31.1 Å². The van der Waals surface area contributed by atoms with Crippen molar-refractivity contribution >= 4 is 11.8 Å². The Morgan fingerprint density at radius 1 is 1.22 bits per heavy atom. The van der Waals surface area contributed by atoms with Crippen molar-refractivity contribution in [1.82, 2.24) is 5.06 Å². The van der Waals surface area contributed by atoms with Gasteiger partial charge < -0.3 is 0 Å². The Hall–Kier alpha value is 0.152. The number of carbonyl (C=O) groups is 2. The molecule has 5 heteroatoms. The summed E-state index contributed by atoms with van der Waals surface area (Å²) in [5.41, 5.74) is 0. The summed E-state index contributed by atoms with van der Waals surface area (Å²) in [7, 11) is 0. The number of amides is 2. The summed E-state index contributed by atoms with van der Waals surface area (Å²) in [6, 6.07) is 0. The van der Waals surface area contributed by atoms with Crippen LogP contribution in [0.3, 0.4) is 0 Å². The molecule has 0 atom stereocenters. The molecule has 0 spiro atoms. The van der Waals surface area contributed by atoms with E-state index in [0.717, 1.165) is 13.8 Å². The number of carbonyl (C=O) groups excluding carboxylic acids is 2. The molecule has 0 fully saturated rings. The van der Waals surface area contributed by atoms with Crippen molar-refractivity contribution in [2.45, 2.75) is 13.8 Å². The maximum absolute atomic E-state index is 10.0. The van der Waals surface area contributed by atoms with Crippen LogP contribution in [-0.4, -0.2) is 22.1 Å². The monoisotopic (exact) mass is 355 g/mol. The van der Waals surface area contributed by atoms with E-state index in [2.05, 4.69) is 0 Å². The van der Waals surface area contributed by atoms with E-state index in [1.54, 1.807) is 0 Å². The SMILES string of the molecule is CC(=O)N(O)C(C)=O.[U]. The Labute approximate surface area is 76.5 Å². The zero-order valence-corrected chi connectivity index (χ0v) is 9.37. The second-order valence-corrected chi connectivity index (χ2v) is 1.35. The first kappa shape index (κ1) is 11.9. The van der Waals surface area contributed by atoms with Crippen LogP contribution in [0.25, 0.3) is 0 Å². The van der Waals surface area contributed by atoms with Gasteiger partial charge in [-0.25, -0.2) is 0 Å². The standard InChI is InChI=1S/C4H7NO3.U/c1-3(6)5(8)4(2)7;/h8H,1-2H3;. The fraction of sp³-hybridized carbons (Fsp3) is 0.500. The molecule has 9 heavy (non-hydrogen) atoms. The second-order valence-electron chi connectivity index (χ2n) is 1.35. The molecule has 0 bridgehead atoms. The van der Waals surface area contributed by atoms with E-state index in [1.165, 1.54) is 0 Å². The molecule has 0 unspecified atom stereocenters. The maximum Gasteiger partial charge on any atom is 0.250 e. The van der Waals surface area contributed by atoms with Crippen molar-refractivity contribution in [3.8, 4) is 0 Å². The number of hydroxylamine groups is 2. The minimum atomic E-state index is -0.669. The molecule has 0 rings (SSSR count). The molecule has 0 aliphatic rings.